The van der Waals surface area contributed by atoms with E-state index in [1.807, 2.05) is 29.2 Å². The van der Waals surface area contributed by atoms with Crippen molar-refractivity contribution < 1.29 is 9.59 Å². The van der Waals surface area contributed by atoms with Gasteiger partial charge in [0.1, 0.15) is 11.7 Å². The van der Waals surface area contributed by atoms with E-state index in [1.165, 1.54) is 12.8 Å². The number of aromatic nitrogens is 1. The van der Waals surface area contributed by atoms with Gasteiger partial charge in [0, 0.05) is 28.5 Å². The predicted molar refractivity (Wildman–Crippen MR) is 100 cm³/mol. The fraction of sp³-hybridized carbons (Fsp3) is 0.474. The summed E-state index contributed by atoms with van der Waals surface area (Å²) in [6.07, 6.45) is 4.85. The SMILES string of the molecule is C[C@H](NC(=O)c1cc2cc(Br)ccc2[nH]1)C(=O)N1CCC2(CC1)CC2. The smallest absolute Gasteiger partial charge is 0.268 e. The van der Waals surface area contributed by atoms with Gasteiger partial charge < -0.3 is 15.2 Å². The van der Waals surface area contributed by atoms with Crippen molar-refractivity contribution in [3.8, 4) is 0 Å². The van der Waals surface area contributed by atoms with Gasteiger partial charge in [-0.15, -0.1) is 0 Å². The number of carbonyl (C=O) groups is 2. The Kier molecular flexibility index (Phi) is 4.10. The van der Waals surface area contributed by atoms with Crippen LogP contribution in [0.25, 0.3) is 10.9 Å². The molecule has 5 nitrogen and oxygen atoms in total. The normalized spacial score (nSPS) is 19.8. The van der Waals surface area contributed by atoms with E-state index in [9.17, 15) is 9.59 Å². The molecule has 1 saturated heterocycles. The largest absolute Gasteiger partial charge is 0.351 e. The predicted octanol–water partition coefficient (Wildman–Crippen LogP) is 3.45. The summed E-state index contributed by atoms with van der Waals surface area (Å²) in [5, 5.41) is 3.79. The van der Waals surface area contributed by atoms with Crippen LogP contribution in [0.1, 0.15) is 43.1 Å². The standard InChI is InChI=1S/C19H22BrN3O2/c1-12(18(25)23-8-6-19(4-5-19)7-9-23)21-17(24)16-11-13-10-14(20)2-3-15(13)22-16/h2-3,10-12,22H,4-9H2,1H3,(H,21,24)/t12-/m0/s1. The summed E-state index contributed by atoms with van der Waals surface area (Å²) >= 11 is 3.43. The number of benzene rings is 1. The van der Waals surface area contributed by atoms with E-state index in [2.05, 4.69) is 26.2 Å². The van der Waals surface area contributed by atoms with Crippen LogP contribution in [0.4, 0.5) is 0 Å². The number of amides is 2. The number of carbonyl (C=O) groups excluding carboxylic acids is 2. The first-order valence-electron chi connectivity index (χ1n) is 8.84. The second-order valence-corrected chi connectivity index (χ2v) is 8.35. The summed E-state index contributed by atoms with van der Waals surface area (Å²) in [6.45, 7) is 3.40. The zero-order valence-corrected chi connectivity index (χ0v) is 15.9. The molecular formula is C19H22BrN3O2. The van der Waals surface area contributed by atoms with Gasteiger partial charge in [0.25, 0.3) is 5.91 Å². The maximum Gasteiger partial charge on any atom is 0.268 e. The van der Waals surface area contributed by atoms with E-state index in [1.54, 1.807) is 6.92 Å². The van der Waals surface area contributed by atoms with Crippen LogP contribution < -0.4 is 5.32 Å². The summed E-state index contributed by atoms with van der Waals surface area (Å²) < 4.78 is 0.966. The van der Waals surface area contributed by atoms with Gasteiger partial charge in [-0.1, -0.05) is 15.9 Å². The van der Waals surface area contributed by atoms with Crippen LogP contribution in [-0.2, 0) is 4.79 Å². The van der Waals surface area contributed by atoms with Crippen LogP contribution >= 0.6 is 15.9 Å². The van der Waals surface area contributed by atoms with Crippen LogP contribution in [0.15, 0.2) is 28.7 Å². The first kappa shape index (κ1) is 16.6. The number of hydrogen-bond donors (Lipinski definition) is 2. The number of rotatable bonds is 3. The fourth-order valence-corrected chi connectivity index (χ4v) is 4.09. The highest BCUT2D eigenvalue weighted by Gasteiger charge is 2.45. The summed E-state index contributed by atoms with van der Waals surface area (Å²) in [6, 6.07) is 7.10. The molecule has 2 amide bonds. The van der Waals surface area contributed by atoms with Gasteiger partial charge in [-0.05, 0) is 62.3 Å². The molecule has 25 heavy (non-hydrogen) atoms. The fourth-order valence-electron chi connectivity index (χ4n) is 3.71. The Morgan fingerprint density at radius 3 is 2.60 bits per heavy atom. The van der Waals surface area contributed by atoms with E-state index >= 15 is 0 Å². The molecule has 2 fully saturated rings. The molecule has 132 valence electrons. The number of nitrogens with one attached hydrogen (secondary N) is 2. The Morgan fingerprint density at radius 2 is 1.92 bits per heavy atom. The molecule has 0 bridgehead atoms. The van der Waals surface area contributed by atoms with Crippen molar-refractivity contribution in [2.45, 2.75) is 38.6 Å². The van der Waals surface area contributed by atoms with Crippen molar-refractivity contribution in [2.24, 2.45) is 5.41 Å². The van der Waals surface area contributed by atoms with Gasteiger partial charge >= 0.3 is 0 Å². The third-order valence-corrected chi connectivity index (χ3v) is 6.13. The highest BCUT2D eigenvalue weighted by Crippen LogP contribution is 2.53. The lowest BCUT2D eigenvalue weighted by atomic mass is 9.93. The minimum absolute atomic E-state index is 0.0164. The van der Waals surface area contributed by atoms with Crippen molar-refractivity contribution >= 4 is 38.6 Å². The summed E-state index contributed by atoms with van der Waals surface area (Å²) in [5.74, 6) is -0.230. The lowest BCUT2D eigenvalue weighted by Gasteiger charge is -2.33. The first-order chi connectivity index (χ1) is 12.0. The van der Waals surface area contributed by atoms with Crippen molar-refractivity contribution in [3.05, 3.63) is 34.4 Å². The highest BCUT2D eigenvalue weighted by molar-refractivity contribution is 9.10. The van der Waals surface area contributed by atoms with Gasteiger partial charge in [0.15, 0.2) is 0 Å². The monoisotopic (exact) mass is 403 g/mol. The van der Waals surface area contributed by atoms with Crippen LogP contribution in [-0.4, -0.2) is 40.8 Å². The molecule has 0 unspecified atom stereocenters. The van der Waals surface area contributed by atoms with Gasteiger partial charge in [-0.2, -0.15) is 0 Å². The second-order valence-electron chi connectivity index (χ2n) is 7.44. The Balaban J connectivity index is 1.39. The number of piperidine rings is 1. The van der Waals surface area contributed by atoms with Crippen LogP contribution in [0.5, 0.6) is 0 Å². The molecular weight excluding hydrogens is 382 g/mol. The molecule has 2 aliphatic rings. The number of halogens is 1. The van der Waals surface area contributed by atoms with E-state index in [-0.39, 0.29) is 11.8 Å². The molecule has 1 atom stereocenters. The average molecular weight is 404 g/mol. The number of aromatic amines is 1. The lowest BCUT2D eigenvalue weighted by Crippen LogP contribution is -2.49. The van der Waals surface area contributed by atoms with Gasteiger partial charge in [0.05, 0.1) is 0 Å². The Morgan fingerprint density at radius 1 is 1.20 bits per heavy atom. The number of fused-ring (bicyclic) bond motifs is 1. The maximum absolute atomic E-state index is 12.6. The molecule has 0 radical (unpaired) electrons. The first-order valence-corrected chi connectivity index (χ1v) is 9.63. The molecule has 1 aromatic carbocycles. The number of H-pyrrole nitrogens is 1. The topological polar surface area (TPSA) is 65.2 Å². The highest BCUT2D eigenvalue weighted by atomic mass is 79.9. The third-order valence-electron chi connectivity index (χ3n) is 5.64. The number of hydrogen-bond acceptors (Lipinski definition) is 2. The quantitative estimate of drug-likeness (QED) is 0.823. The molecule has 6 heteroatoms. The molecule has 1 saturated carbocycles. The zero-order chi connectivity index (χ0) is 17.6. The van der Waals surface area contributed by atoms with Crippen molar-refractivity contribution in [3.63, 3.8) is 0 Å². The maximum atomic E-state index is 12.6. The summed E-state index contributed by atoms with van der Waals surface area (Å²) in [5.41, 5.74) is 1.92. The molecule has 4 rings (SSSR count). The molecule has 1 aliphatic heterocycles. The molecule has 1 spiro atoms. The summed E-state index contributed by atoms with van der Waals surface area (Å²) in [4.78, 5) is 30.1. The molecule has 1 aliphatic carbocycles. The number of likely N-dealkylation sites (tertiary alicyclic amines) is 1. The van der Waals surface area contributed by atoms with Gasteiger partial charge in [0.2, 0.25) is 5.91 Å². The van der Waals surface area contributed by atoms with Gasteiger partial charge in [-0.25, -0.2) is 0 Å². The van der Waals surface area contributed by atoms with E-state index in [0.717, 1.165) is 41.3 Å². The average Bonchev–Trinajstić information content (AvgIpc) is 3.21. The Hall–Kier alpha value is -1.82. The minimum Gasteiger partial charge on any atom is -0.351 e. The zero-order valence-electron chi connectivity index (χ0n) is 14.3. The minimum atomic E-state index is -0.515. The van der Waals surface area contributed by atoms with Crippen LogP contribution in [0.2, 0.25) is 0 Å². The molecule has 2 heterocycles. The molecule has 2 N–H and O–H groups in total. The van der Waals surface area contributed by atoms with Crippen molar-refractivity contribution in [2.75, 3.05) is 13.1 Å². The Labute approximate surface area is 155 Å². The van der Waals surface area contributed by atoms with Crippen LogP contribution in [0.3, 0.4) is 0 Å². The van der Waals surface area contributed by atoms with E-state index < -0.39 is 6.04 Å². The van der Waals surface area contributed by atoms with Gasteiger partial charge in [-0.3, -0.25) is 9.59 Å². The molecule has 2 aromatic rings. The summed E-state index contributed by atoms with van der Waals surface area (Å²) in [7, 11) is 0. The van der Waals surface area contributed by atoms with Crippen molar-refractivity contribution in [1.82, 2.24) is 15.2 Å². The van der Waals surface area contributed by atoms with Crippen LogP contribution in [0, 0.1) is 5.41 Å². The van der Waals surface area contributed by atoms with E-state index in [4.69, 9.17) is 0 Å². The second kappa shape index (κ2) is 6.16. The Bertz CT molecular complexity index is 830. The van der Waals surface area contributed by atoms with E-state index in [0.29, 0.717) is 11.1 Å². The number of nitrogens with zero attached hydrogens (tertiary/aromatic N) is 1. The van der Waals surface area contributed by atoms with Crippen molar-refractivity contribution in [1.29, 1.82) is 0 Å². The molecule has 1 aromatic heterocycles. The lowest BCUT2D eigenvalue weighted by molar-refractivity contribution is -0.134. The third kappa shape index (κ3) is 3.32.